The van der Waals surface area contributed by atoms with Crippen LogP contribution in [-0.2, 0) is 9.59 Å². The van der Waals surface area contributed by atoms with Crippen LogP contribution in [0.2, 0.25) is 0 Å². The van der Waals surface area contributed by atoms with E-state index in [1.807, 2.05) is 20.9 Å². The summed E-state index contributed by atoms with van der Waals surface area (Å²) in [6.45, 7) is 11.3. The fourth-order valence-electron chi connectivity index (χ4n) is 5.30. The maximum absolute atomic E-state index is 13.5. The van der Waals surface area contributed by atoms with Crippen LogP contribution in [0.15, 0.2) is 71.5 Å². The van der Waals surface area contributed by atoms with Crippen molar-refractivity contribution >= 4 is 29.8 Å². The SMILES string of the molecule is CC(C)C=O.C\C=C(/C=C\C(F)=C\F)C1C(C(C)=O)=C(C)NC(=O)N1C(=O)NCCCN1CCC(c2cccc(NC)c2)CC1. The molecular formula is C34H47F2N5O4. The zero-order valence-corrected chi connectivity index (χ0v) is 27.2. The number of nitrogens with zero attached hydrogens (tertiary/aromatic N) is 2. The smallest absolute Gasteiger partial charge is 0.330 e. The number of ketones is 1. The average Bonchev–Trinajstić information content (AvgIpc) is 3.03. The summed E-state index contributed by atoms with van der Waals surface area (Å²) in [5.41, 5.74) is 3.26. The second kappa shape index (κ2) is 18.6. The number of aldehydes is 1. The van der Waals surface area contributed by atoms with Gasteiger partial charge in [0.05, 0.1) is 6.04 Å². The predicted molar refractivity (Wildman–Crippen MR) is 174 cm³/mol. The normalized spacial score (nSPS) is 18.5. The molecular weight excluding hydrogens is 580 g/mol. The first-order valence-electron chi connectivity index (χ1n) is 15.3. The van der Waals surface area contributed by atoms with E-state index in [-0.39, 0.29) is 23.6 Å². The van der Waals surface area contributed by atoms with E-state index >= 15 is 0 Å². The first-order chi connectivity index (χ1) is 21.5. The molecule has 1 saturated heterocycles. The van der Waals surface area contributed by atoms with Crippen molar-refractivity contribution in [1.29, 1.82) is 0 Å². The standard InChI is InChI=1S/C30H39F2N5O3.C4H8O/c1-5-22(10-11-25(32)19-31)28-27(21(3)38)20(2)35-30(40)37(28)29(39)34-14-7-15-36-16-12-23(13-17-36)24-8-6-9-26(18-24)33-4;1-4(2)3-5/h5-6,8-11,18-19,23,28,33H,7,12-17H2,1-4H3,(H,34,39)(H,35,40);3-4H,1-2H3/b11-10-,22-5+,25-19-;. The van der Waals surface area contributed by atoms with E-state index in [1.54, 1.807) is 19.9 Å². The summed E-state index contributed by atoms with van der Waals surface area (Å²) in [6.07, 6.45) is 7.22. The second-order valence-electron chi connectivity index (χ2n) is 11.4. The quantitative estimate of drug-likeness (QED) is 0.149. The van der Waals surface area contributed by atoms with Crippen molar-refractivity contribution in [2.45, 2.75) is 65.8 Å². The zero-order chi connectivity index (χ0) is 33.5. The number of carbonyl (C=O) groups excluding carboxylic acids is 4. The molecule has 3 N–H and O–H groups in total. The fraction of sp³-hybridized carbons (Fsp3) is 0.471. The molecule has 9 nitrogen and oxygen atoms in total. The minimum atomic E-state index is -1.13. The van der Waals surface area contributed by atoms with Crippen LogP contribution in [0.3, 0.4) is 0 Å². The van der Waals surface area contributed by atoms with Gasteiger partial charge >= 0.3 is 12.1 Å². The van der Waals surface area contributed by atoms with Gasteiger partial charge in [0, 0.05) is 36.5 Å². The van der Waals surface area contributed by atoms with E-state index in [0.717, 1.165) is 55.4 Å². The maximum Gasteiger partial charge on any atom is 0.330 e. The van der Waals surface area contributed by atoms with Crippen LogP contribution in [0.4, 0.5) is 24.1 Å². The molecule has 2 aliphatic heterocycles. The molecule has 11 heteroatoms. The van der Waals surface area contributed by atoms with E-state index in [1.165, 1.54) is 18.6 Å². The monoisotopic (exact) mass is 627 g/mol. The van der Waals surface area contributed by atoms with Crippen molar-refractivity contribution in [3.63, 3.8) is 0 Å². The molecule has 0 radical (unpaired) electrons. The lowest BCUT2D eigenvalue weighted by Gasteiger charge is -2.37. The van der Waals surface area contributed by atoms with E-state index in [2.05, 4.69) is 45.1 Å². The summed E-state index contributed by atoms with van der Waals surface area (Å²) in [7, 11) is 1.92. The Morgan fingerprint density at radius 1 is 1.18 bits per heavy atom. The summed E-state index contributed by atoms with van der Waals surface area (Å²) in [6, 6.07) is 6.06. The summed E-state index contributed by atoms with van der Waals surface area (Å²) in [4.78, 5) is 51.4. The molecule has 1 aromatic rings. The Bertz CT molecular complexity index is 1310. The van der Waals surface area contributed by atoms with Gasteiger partial charge in [0.25, 0.3) is 0 Å². The number of hydrogen-bond donors (Lipinski definition) is 3. The third kappa shape index (κ3) is 11.1. The highest BCUT2D eigenvalue weighted by Gasteiger charge is 2.40. The Morgan fingerprint density at radius 2 is 1.84 bits per heavy atom. The van der Waals surface area contributed by atoms with Crippen LogP contribution in [0.5, 0.6) is 0 Å². The number of carbonyl (C=O) groups is 4. The Kier molecular flexibility index (Phi) is 15.3. The van der Waals surface area contributed by atoms with Gasteiger partial charge in [0.2, 0.25) is 0 Å². The maximum atomic E-state index is 13.5. The van der Waals surface area contributed by atoms with Crippen LogP contribution < -0.4 is 16.0 Å². The van der Waals surface area contributed by atoms with Crippen molar-refractivity contribution < 1.29 is 28.0 Å². The van der Waals surface area contributed by atoms with Crippen molar-refractivity contribution in [2.24, 2.45) is 5.92 Å². The number of allylic oxidation sites excluding steroid dienone is 4. The Hall–Kier alpha value is -4.12. The third-order valence-corrected chi connectivity index (χ3v) is 7.67. The summed E-state index contributed by atoms with van der Waals surface area (Å²) >= 11 is 0. The van der Waals surface area contributed by atoms with Crippen molar-refractivity contribution in [1.82, 2.24) is 20.4 Å². The summed E-state index contributed by atoms with van der Waals surface area (Å²) in [5.74, 6) is -0.753. The Labute approximate surface area is 265 Å². The lowest BCUT2D eigenvalue weighted by Crippen LogP contribution is -2.58. The van der Waals surface area contributed by atoms with Gasteiger partial charge in [-0.3, -0.25) is 4.79 Å². The number of nitrogens with one attached hydrogen (secondary N) is 3. The van der Waals surface area contributed by atoms with Gasteiger partial charge in [-0.25, -0.2) is 23.3 Å². The molecule has 0 aliphatic carbocycles. The van der Waals surface area contributed by atoms with Gasteiger partial charge in [-0.05, 0) is 94.9 Å². The molecule has 2 aliphatic rings. The molecule has 0 bridgehead atoms. The number of hydrogen-bond acceptors (Lipinski definition) is 6. The lowest BCUT2D eigenvalue weighted by molar-refractivity contribution is -0.114. The molecule has 0 aromatic heterocycles. The van der Waals surface area contributed by atoms with Crippen molar-refractivity contribution in [3.05, 3.63) is 77.1 Å². The van der Waals surface area contributed by atoms with Gasteiger partial charge in [0.15, 0.2) is 11.6 Å². The minimum Gasteiger partial charge on any atom is -0.388 e. The largest absolute Gasteiger partial charge is 0.388 e. The number of halogens is 2. The van der Waals surface area contributed by atoms with Gasteiger partial charge in [-0.2, -0.15) is 0 Å². The third-order valence-electron chi connectivity index (χ3n) is 7.67. The van der Waals surface area contributed by atoms with Crippen LogP contribution in [0.1, 0.15) is 65.4 Å². The number of anilines is 1. The molecule has 3 rings (SSSR count). The van der Waals surface area contributed by atoms with Crippen LogP contribution >= 0.6 is 0 Å². The molecule has 1 aromatic carbocycles. The number of piperidine rings is 1. The number of rotatable bonds is 11. The molecule has 1 atom stereocenters. The van der Waals surface area contributed by atoms with Crippen molar-refractivity contribution in [3.8, 4) is 0 Å². The Balaban J connectivity index is 0.00000130. The number of benzene rings is 1. The highest BCUT2D eigenvalue weighted by atomic mass is 19.2. The van der Waals surface area contributed by atoms with Gasteiger partial charge in [0.1, 0.15) is 12.6 Å². The van der Waals surface area contributed by atoms with Crippen LogP contribution in [0.25, 0.3) is 0 Å². The summed E-state index contributed by atoms with van der Waals surface area (Å²) < 4.78 is 26.0. The molecule has 1 unspecified atom stereocenters. The highest BCUT2D eigenvalue weighted by molar-refractivity contribution is 6.04. The molecule has 4 amide bonds. The van der Waals surface area contributed by atoms with Crippen LogP contribution in [0, 0.1) is 5.92 Å². The van der Waals surface area contributed by atoms with Crippen molar-refractivity contribution in [2.75, 3.05) is 38.5 Å². The van der Waals surface area contributed by atoms with Crippen LogP contribution in [-0.4, -0.2) is 73.2 Å². The topological polar surface area (TPSA) is 111 Å². The number of urea groups is 2. The highest BCUT2D eigenvalue weighted by Crippen LogP contribution is 2.30. The zero-order valence-electron chi connectivity index (χ0n) is 27.2. The molecule has 0 spiro atoms. The molecule has 45 heavy (non-hydrogen) atoms. The van der Waals surface area contributed by atoms with E-state index < -0.39 is 23.9 Å². The minimum absolute atomic E-state index is 0.195. The van der Waals surface area contributed by atoms with E-state index in [9.17, 15) is 28.0 Å². The van der Waals surface area contributed by atoms with E-state index in [4.69, 9.17) is 0 Å². The molecule has 2 heterocycles. The number of imide groups is 1. The predicted octanol–water partition coefficient (Wildman–Crippen LogP) is 6.39. The molecule has 246 valence electrons. The number of Topliss-reactive ketones (excluding diaryl/α,β-unsaturated/α-hetero) is 1. The molecule has 1 fully saturated rings. The first-order valence-corrected chi connectivity index (χ1v) is 15.3. The molecule has 0 saturated carbocycles. The second-order valence-corrected chi connectivity index (χ2v) is 11.4. The summed E-state index contributed by atoms with van der Waals surface area (Å²) in [5, 5.41) is 8.55. The number of amides is 4. The first kappa shape index (κ1) is 37.1. The Morgan fingerprint density at radius 3 is 2.40 bits per heavy atom. The van der Waals surface area contributed by atoms with Gasteiger partial charge in [-0.15, -0.1) is 0 Å². The fourth-order valence-corrected chi connectivity index (χ4v) is 5.30. The average molecular weight is 628 g/mol. The van der Waals surface area contributed by atoms with Gasteiger partial charge in [-0.1, -0.05) is 38.1 Å². The van der Waals surface area contributed by atoms with E-state index in [0.29, 0.717) is 30.2 Å². The van der Waals surface area contributed by atoms with Gasteiger partial charge < -0.3 is 25.6 Å². The lowest BCUT2D eigenvalue weighted by atomic mass is 9.89. The number of likely N-dealkylation sites (tertiary alicyclic amines) is 1.